The third-order valence-corrected chi connectivity index (χ3v) is 3.95. The molecule has 13 heteroatoms. The summed E-state index contributed by atoms with van der Waals surface area (Å²) < 4.78 is 10.3. The fraction of sp³-hybridized carbons (Fsp3) is 0.714. The zero-order valence-corrected chi connectivity index (χ0v) is 20.5. The second-order valence-electron chi connectivity index (χ2n) is 9.46. The van der Waals surface area contributed by atoms with Crippen LogP contribution in [-0.2, 0) is 33.5 Å². The van der Waals surface area contributed by atoms with E-state index >= 15 is 0 Å². The summed E-state index contributed by atoms with van der Waals surface area (Å²) >= 11 is 0. The van der Waals surface area contributed by atoms with Gasteiger partial charge in [-0.1, -0.05) is 0 Å². The highest BCUT2D eigenvalue weighted by Gasteiger charge is 2.33. The maximum Gasteiger partial charge on any atom is 0.407 e. The van der Waals surface area contributed by atoms with E-state index in [9.17, 15) is 28.8 Å². The van der Waals surface area contributed by atoms with Crippen LogP contribution in [-0.4, -0.2) is 83.2 Å². The zero-order valence-electron chi connectivity index (χ0n) is 20.5. The van der Waals surface area contributed by atoms with Gasteiger partial charge in [-0.2, -0.15) is 0 Å². The van der Waals surface area contributed by atoms with Gasteiger partial charge in [-0.05, 0) is 41.5 Å². The lowest BCUT2D eigenvalue weighted by molar-refractivity contribution is -0.198. The summed E-state index contributed by atoms with van der Waals surface area (Å²) in [5.41, 5.74) is -1.41. The molecule has 1 heterocycles. The number of ether oxygens (including phenoxy) is 2. The average Bonchev–Trinajstić information content (AvgIpc) is 2.95. The predicted octanol–water partition coefficient (Wildman–Crippen LogP) is 0.862. The summed E-state index contributed by atoms with van der Waals surface area (Å²) in [6, 6.07) is 0. The molecule has 1 rings (SSSR count). The molecule has 2 N–H and O–H groups in total. The van der Waals surface area contributed by atoms with Crippen molar-refractivity contribution in [2.24, 2.45) is 0 Å². The first kappa shape index (κ1) is 28.7. The minimum atomic E-state index is -1.08. The van der Waals surface area contributed by atoms with Gasteiger partial charge in [0.05, 0.1) is 0 Å². The number of amides is 5. The van der Waals surface area contributed by atoms with Gasteiger partial charge in [0, 0.05) is 39.0 Å². The van der Waals surface area contributed by atoms with Crippen molar-refractivity contribution in [1.82, 2.24) is 20.6 Å². The van der Waals surface area contributed by atoms with Gasteiger partial charge in [0.2, 0.25) is 5.91 Å². The van der Waals surface area contributed by atoms with Crippen molar-refractivity contribution >= 4 is 35.9 Å². The normalized spacial score (nSPS) is 13.9. The lowest BCUT2D eigenvalue weighted by Gasteiger charge is -2.25. The molecule has 0 aromatic rings. The topological polar surface area (TPSA) is 161 Å². The molecule has 0 bridgehead atoms. The van der Waals surface area contributed by atoms with Gasteiger partial charge in [-0.15, -0.1) is 5.06 Å². The molecule has 1 saturated heterocycles. The largest absolute Gasteiger partial charge is 0.444 e. The minimum absolute atomic E-state index is 0.00519. The summed E-state index contributed by atoms with van der Waals surface area (Å²) in [6.07, 6.45) is -2.26. The highest BCUT2D eigenvalue weighted by molar-refractivity contribution is 6.02. The van der Waals surface area contributed by atoms with Crippen molar-refractivity contribution in [3.05, 3.63) is 0 Å². The average molecular weight is 487 g/mol. The van der Waals surface area contributed by atoms with Crippen LogP contribution in [0.5, 0.6) is 0 Å². The maximum atomic E-state index is 12.6. The van der Waals surface area contributed by atoms with Gasteiger partial charge in [0.1, 0.15) is 17.6 Å². The first-order valence-corrected chi connectivity index (χ1v) is 10.9. The molecule has 0 spiro atoms. The third kappa shape index (κ3) is 11.5. The maximum absolute atomic E-state index is 12.6. The van der Waals surface area contributed by atoms with E-state index < -0.39 is 53.5 Å². The molecule has 0 aliphatic carbocycles. The summed E-state index contributed by atoms with van der Waals surface area (Å²) in [5, 5.41) is 5.35. The van der Waals surface area contributed by atoms with Crippen LogP contribution in [0.15, 0.2) is 0 Å². The molecular weight excluding hydrogens is 452 g/mol. The lowest BCUT2D eigenvalue weighted by atomic mass is 10.2. The van der Waals surface area contributed by atoms with Crippen LogP contribution in [0, 0.1) is 0 Å². The van der Waals surface area contributed by atoms with E-state index in [1.807, 2.05) is 0 Å². The molecule has 0 atom stereocenters. The molecule has 0 radical (unpaired) electrons. The Labute approximate surface area is 198 Å². The van der Waals surface area contributed by atoms with Crippen molar-refractivity contribution in [2.45, 2.75) is 72.0 Å². The number of hydrogen-bond acceptors (Lipinski definition) is 9. The Morgan fingerprint density at radius 3 is 1.62 bits per heavy atom. The summed E-state index contributed by atoms with van der Waals surface area (Å²) in [5.74, 6) is -3.10. The van der Waals surface area contributed by atoms with Gasteiger partial charge in [0.25, 0.3) is 11.8 Å². The smallest absolute Gasteiger partial charge is 0.407 e. The van der Waals surface area contributed by atoms with Crippen molar-refractivity contribution < 1.29 is 43.1 Å². The number of nitrogens with zero attached hydrogens (tertiary/aromatic N) is 2. The Balaban J connectivity index is 2.66. The molecule has 0 unspecified atom stereocenters. The van der Waals surface area contributed by atoms with E-state index in [1.165, 1.54) is 4.90 Å². The summed E-state index contributed by atoms with van der Waals surface area (Å²) in [4.78, 5) is 77.5. The number of carbonyl (C=O) groups is 6. The second-order valence-corrected chi connectivity index (χ2v) is 9.46. The van der Waals surface area contributed by atoms with Crippen LogP contribution in [0.1, 0.15) is 60.8 Å². The fourth-order valence-electron chi connectivity index (χ4n) is 2.60. The molecule has 0 saturated carbocycles. The molecule has 0 aromatic heterocycles. The molecule has 5 amide bonds. The standard InChI is InChI=1S/C21H34N4O9/c1-20(2,3)32-18(30)22-9-11-24(12-10-23-19(31)33-21(4,5)6)16(28)13-17(29)34-25-14(26)7-8-15(25)27/h7-13H2,1-6H3,(H,22,30)(H,23,31). The van der Waals surface area contributed by atoms with E-state index in [0.717, 1.165) is 0 Å². The first-order valence-electron chi connectivity index (χ1n) is 10.9. The molecule has 13 nitrogen and oxygen atoms in total. The van der Waals surface area contributed by atoms with Crippen molar-refractivity contribution in [3.63, 3.8) is 0 Å². The first-order chi connectivity index (χ1) is 15.6. The second kappa shape index (κ2) is 12.2. The van der Waals surface area contributed by atoms with Gasteiger partial charge < -0.3 is 29.8 Å². The summed E-state index contributed by atoms with van der Waals surface area (Å²) in [6.45, 7) is 10.2. The van der Waals surface area contributed by atoms with E-state index in [0.29, 0.717) is 5.06 Å². The van der Waals surface area contributed by atoms with Gasteiger partial charge in [-0.3, -0.25) is 14.4 Å². The Kier molecular flexibility index (Phi) is 10.3. The lowest BCUT2D eigenvalue weighted by Crippen LogP contribution is -2.45. The van der Waals surface area contributed by atoms with Crippen LogP contribution in [0.4, 0.5) is 9.59 Å². The van der Waals surface area contributed by atoms with Gasteiger partial charge >= 0.3 is 18.2 Å². The molecule has 0 aromatic carbocycles. The van der Waals surface area contributed by atoms with Crippen LogP contribution in [0.25, 0.3) is 0 Å². The number of hydrogen-bond donors (Lipinski definition) is 2. The molecule has 1 aliphatic rings. The minimum Gasteiger partial charge on any atom is -0.444 e. The molecule has 34 heavy (non-hydrogen) atoms. The van der Waals surface area contributed by atoms with Crippen molar-refractivity contribution in [3.8, 4) is 0 Å². The zero-order chi connectivity index (χ0) is 26.1. The van der Waals surface area contributed by atoms with E-state index in [1.54, 1.807) is 41.5 Å². The monoisotopic (exact) mass is 486 g/mol. The number of rotatable bonds is 9. The van der Waals surface area contributed by atoms with Crippen LogP contribution in [0.3, 0.4) is 0 Å². The van der Waals surface area contributed by atoms with Crippen molar-refractivity contribution in [1.29, 1.82) is 0 Å². The number of imide groups is 1. The van der Waals surface area contributed by atoms with Crippen molar-refractivity contribution in [2.75, 3.05) is 26.2 Å². The Hall–Kier alpha value is -3.38. The Morgan fingerprint density at radius 2 is 1.24 bits per heavy atom. The molecular formula is C21H34N4O9. The number of nitrogens with one attached hydrogen (secondary N) is 2. The predicted molar refractivity (Wildman–Crippen MR) is 117 cm³/mol. The van der Waals surface area contributed by atoms with Crippen LogP contribution >= 0.6 is 0 Å². The fourth-order valence-corrected chi connectivity index (χ4v) is 2.60. The quantitative estimate of drug-likeness (QED) is 0.356. The van der Waals surface area contributed by atoms with Gasteiger partial charge in [-0.25, -0.2) is 14.4 Å². The highest BCUT2D eigenvalue weighted by Crippen LogP contribution is 2.13. The van der Waals surface area contributed by atoms with Crippen LogP contribution in [0.2, 0.25) is 0 Å². The molecule has 1 fully saturated rings. The Bertz CT molecular complexity index is 749. The van der Waals surface area contributed by atoms with Crippen LogP contribution < -0.4 is 10.6 Å². The van der Waals surface area contributed by atoms with E-state index in [4.69, 9.17) is 14.3 Å². The summed E-state index contributed by atoms with van der Waals surface area (Å²) in [7, 11) is 0. The Morgan fingerprint density at radius 1 is 0.824 bits per heavy atom. The number of alkyl carbamates (subject to hydrolysis) is 2. The van der Waals surface area contributed by atoms with E-state index in [2.05, 4.69) is 10.6 Å². The number of hydroxylamine groups is 2. The number of carbonyl (C=O) groups excluding carboxylic acids is 6. The highest BCUT2D eigenvalue weighted by atomic mass is 16.7. The van der Waals surface area contributed by atoms with Gasteiger partial charge in [0.15, 0.2) is 0 Å². The SMILES string of the molecule is CC(C)(C)OC(=O)NCCN(CCNC(=O)OC(C)(C)C)C(=O)CC(=O)ON1C(=O)CCC1=O. The molecule has 192 valence electrons. The van der Waals surface area contributed by atoms with E-state index in [-0.39, 0.29) is 39.0 Å². The molecule has 1 aliphatic heterocycles. The third-order valence-electron chi connectivity index (χ3n) is 3.95.